The first-order valence-electron chi connectivity index (χ1n) is 8.86. The molecule has 0 atom stereocenters. The van der Waals surface area contributed by atoms with Crippen molar-refractivity contribution in [3.63, 3.8) is 0 Å². The fraction of sp³-hybridized carbons (Fsp3) is 0.182. The molecule has 3 rings (SSSR count). The molecule has 0 unspecified atom stereocenters. The first-order valence-corrected chi connectivity index (χ1v) is 10.8. The van der Waals surface area contributed by atoms with Crippen LogP contribution in [0.5, 0.6) is 11.5 Å². The van der Waals surface area contributed by atoms with Crippen LogP contribution in [0.2, 0.25) is 15.1 Å². The molecule has 0 aliphatic carbocycles. The second kappa shape index (κ2) is 10.6. The lowest BCUT2D eigenvalue weighted by Crippen LogP contribution is -2.15. The molecule has 0 saturated heterocycles. The minimum Gasteiger partial charge on any atom is -0.493 e. The smallest absolute Gasteiger partial charge is 0.167 e. The van der Waals surface area contributed by atoms with Crippen molar-refractivity contribution in [1.29, 1.82) is 0 Å². The normalized spacial score (nSPS) is 10.8. The molecule has 7 heteroatoms. The number of nitrogens with one attached hydrogen (secondary N) is 1. The van der Waals surface area contributed by atoms with E-state index in [9.17, 15) is 0 Å². The van der Waals surface area contributed by atoms with Gasteiger partial charge in [0.05, 0.1) is 7.11 Å². The summed E-state index contributed by atoms with van der Waals surface area (Å²) >= 11 is 22.4. The molecule has 3 nitrogen and oxygen atoms in total. The number of methoxy groups -OCH3 is 1. The molecule has 1 N–H and O–H groups in total. The molecule has 0 bridgehead atoms. The van der Waals surface area contributed by atoms with Crippen molar-refractivity contribution in [3.05, 3.63) is 90.8 Å². The highest BCUT2D eigenvalue weighted by Crippen LogP contribution is 2.37. The third-order valence-electron chi connectivity index (χ3n) is 4.38. The van der Waals surface area contributed by atoms with Crippen LogP contribution in [0.3, 0.4) is 0 Å². The topological polar surface area (TPSA) is 30.5 Å². The SMILES string of the molecule is COc1ccc(Br)c(CNCc2ccccc2Cl)c1OCc1c(Cl)cccc1Cl. The third kappa shape index (κ3) is 5.59. The number of benzene rings is 3. The molecule has 0 aliphatic rings. The zero-order valence-electron chi connectivity index (χ0n) is 15.6. The molecule has 29 heavy (non-hydrogen) atoms. The molecule has 0 amide bonds. The van der Waals surface area contributed by atoms with Gasteiger partial charge in [-0.3, -0.25) is 0 Å². The molecule has 3 aromatic rings. The molecular formula is C22H19BrCl3NO2. The number of ether oxygens (including phenoxy) is 2. The lowest BCUT2D eigenvalue weighted by atomic mass is 10.1. The summed E-state index contributed by atoms with van der Waals surface area (Å²) in [6.07, 6.45) is 0. The van der Waals surface area contributed by atoms with E-state index in [1.54, 1.807) is 25.3 Å². The van der Waals surface area contributed by atoms with Crippen LogP contribution >= 0.6 is 50.7 Å². The van der Waals surface area contributed by atoms with Crippen LogP contribution in [-0.2, 0) is 19.7 Å². The average Bonchev–Trinajstić information content (AvgIpc) is 2.71. The molecule has 0 spiro atoms. The van der Waals surface area contributed by atoms with Crippen LogP contribution in [0.15, 0.2) is 59.1 Å². The summed E-state index contributed by atoms with van der Waals surface area (Å²) in [5.74, 6) is 1.26. The molecule has 152 valence electrons. The Hall–Kier alpha value is -1.43. The van der Waals surface area contributed by atoms with E-state index < -0.39 is 0 Å². The van der Waals surface area contributed by atoms with Crippen molar-refractivity contribution in [2.45, 2.75) is 19.7 Å². The van der Waals surface area contributed by atoms with Crippen molar-refractivity contribution >= 4 is 50.7 Å². The summed E-state index contributed by atoms with van der Waals surface area (Å²) in [5.41, 5.74) is 2.69. The van der Waals surface area contributed by atoms with Gasteiger partial charge in [0.15, 0.2) is 11.5 Å². The molecular weight excluding hydrogens is 497 g/mol. The molecule has 0 aliphatic heterocycles. The second-order valence-corrected chi connectivity index (χ2v) is 8.32. The van der Waals surface area contributed by atoms with E-state index in [0.717, 1.165) is 26.2 Å². The van der Waals surface area contributed by atoms with Crippen LogP contribution in [0.25, 0.3) is 0 Å². The van der Waals surface area contributed by atoms with Crippen molar-refractivity contribution in [2.75, 3.05) is 7.11 Å². The summed E-state index contributed by atoms with van der Waals surface area (Å²) in [5, 5.41) is 5.26. The number of hydrogen-bond acceptors (Lipinski definition) is 3. The van der Waals surface area contributed by atoms with Gasteiger partial charge in [-0.05, 0) is 35.9 Å². The molecule has 0 heterocycles. The Balaban J connectivity index is 1.80. The minimum atomic E-state index is 0.225. The predicted octanol–water partition coefficient (Wildman–Crippen LogP) is 7.29. The van der Waals surface area contributed by atoms with Crippen LogP contribution in [0.1, 0.15) is 16.7 Å². The first kappa shape index (κ1) is 22.3. The van der Waals surface area contributed by atoms with Gasteiger partial charge < -0.3 is 14.8 Å². The zero-order valence-corrected chi connectivity index (χ0v) is 19.5. The van der Waals surface area contributed by atoms with Gasteiger partial charge in [-0.2, -0.15) is 0 Å². The fourth-order valence-corrected chi connectivity index (χ4v) is 4.01. The quantitative estimate of drug-likeness (QED) is 0.342. The predicted molar refractivity (Wildman–Crippen MR) is 123 cm³/mol. The van der Waals surface area contributed by atoms with Gasteiger partial charge in [-0.1, -0.05) is 75.0 Å². The summed E-state index contributed by atoms with van der Waals surface area (Å²) in [4.78, 5) is 0. The van der Waals surface area contributed by atoms with E-state index in [2.05, 4.69) is 21.2 Å². The largest absolute Gasteiger partial charge is 0.493 e. The van der Waals surface area contributed by atoms with Gasteiger partial charge in [0.1, 0.15) is 6.61 Å². The Morgan fingerprint density at radius 3 is 2.21 bits per heavy atom. The van der Waals surface area contributed by atoms with Crippen LogP contribution in [0, 0.1) is 0 Å². The monoisotopic (exact) mass is 513 g/mol. The van der Waals surface area contributed by atoms with Gasteiger partial charge in [0.2, 0.25) is 0 Å². The highest BCUT2D eigenvalue weighted by Gasteiger charge is 2.16. The van der Waals surface area contributed by atoms with E-state index in [1.807, 2.05) is 36.4 Å². The summed E-state index contributed by atoms with van der Waals surface area (Å²) in [6.45, 7) is 1.40. The lowest BCUT2D eigenvalue weighted by Gasteiger charge is -2.18. The minimum absolute atomic E-state index is 0.225. The van der Waals surface area contributed by atoms with E-state index in [0.29, 0.717) is 34.6 Å². The van der Waals surface area contributed by atoms with Crippen molar-refractivity contribution < 1.29 is 9.47 Å². The maximum atomic E-state index is 6.28. The van der Waals surface area contributed by atoms with E-state index in [4.69, 9.17) is 44.3 Å². The van der Waals surface area contributed by atoms with Gasteiger partial charge in [0.25, 0.3) is 0 Å². The molecule has 0 radical (unpaired) electrons. The van der Waals surface area contributed by atoms with Gasteiger partial charge in [0, 0.05) is 43.8 Å². The summed E-state index contributed by atoms with van der Waals surface area (Å²) in [7, 11) is 1.61. The Morgan fingerprint density at radius 1 is 0.828 bits per heavy atom. The Morgan fingerprint density at radius 2 is 1.52 bits per heavy atom. The Kier molecular flexibility index (Phi) is 8.10. The Bertz CT molecular complexity index is 978. The standard InChI is InChI=1S/C22H19BrCl3NO2/c1-28-21-10-9-17(23)15(12-27-11-14-5-2-3-6-18(14)24)22(21)29-13-16-19(25)7-4-8-20(16)26/h2-10,27H,11-13H2,1H3. The van der Waals surface area contributed by atoms with Gasteiger partial charge in [-0.25, -0.2) is 0 Å². The van der Waals surface area contributed by atoms with E-state index in [1.165, 1.54) is 0 Å². The average molecular weight is 516 g/mol. The summed E-state index contributed by atoms with van der Waals surface area (Å²) in [6, 6.07) is 16.9. The highest BCUT2D eigenvalue weighted by atomic mass is 79.9. The van der Waals surface area contributed by atoms with Gasteiger partial charge >= 0.3 is 0 Å². The number of halogens is 4. The number of hydrogen-bond donors (Lipinski definition) is 1. The molecule has 0 saturated carbocycles. The van der Waals surface area contributed by atoms with Crippen LogP contribution in [-0.4, -0.2) is 7.11 Å². The van der Waals surface area contributed by atoms with E-state index in [-0.39, 0.29) is 6.61 Å². The van der Waals surface area contributed by atoms with Crippen molar-refractivity contribution in [2.24, 2.45) is 0 Å². The lowest BCUT2D eigenvalue weighted by molar-refractivity contribution is 0.280. The number of rotatable bonds is 8. The molecule has 3 aromatic carbocycles. The highest BCUT2D eigenvalue weighted by molar-refractivity contribution is 9.10. The summed E-state index contributed by atoms with van der Waals surface area (Å²) < 4.78 is 12.5. The maximum absolute atomic E-state index is 6.28. The maximum Gasteiger partial charge on any atom is 0.167 e. The zero-order chi connectivity index (χ0) is 20.8. The molecule has 0 fully saturated rings. The van der Waals surface area contributed by atoms with Crippen LogP contribution in [0.4, 0.5) is 0 Å². The third-order valence-corrected chi connectivity index (χ3v) is 6.20. The van der Waals surface area contributed by atoms with Crippen LogP contribution < -0.4 is 14.8 Å². The van der Waals surface area contributed by atoms with Gasteiger partial charge in [-0.15, -0.1) is 0 Å². The fourth-order valence-electron chi connectivity index (χ4n) is 2.84. The molecule has 0 aromatic heterocycles. The first-order chi connectivity index (χ1) is 14.0. The second-order valence-electron chi connectivity index (χ2n) is 6.24. The Labute approximate surface area is 194 Å². The van der Waals surface area contributed by atoms with Crippen molar-refractivity contribution in [1.82, 2.24) is 5.32 Å². The van der Waals surface area contributed by atoms with E-state index >= 15 is 0 Å². The van der Waals surface area contributed by atoms with Crippen molar-refractivity contribution in [3.8, 4) is 11.5 Å².